The van der Waals surface area contributed by atoms with E-state index in [0.29, 0.717) is 37.1 Å². The van der Waals surface area contributed by atoms with Gasteiger partial charge in [0.15, 0.2) is 0 Å². The van der Waals surface area contributed by atoms with Crippen LogP contribution in [0.1, 0.15) is 42.6 Å². The maximum Gasteiger partial charge on any atom is 0.255 e. The maximum absolute atomic E-state index is 13.1. The van der Waals surface area contributed by atoms with Gasteiger partial charge in [-0.2, -0.15) is 4.31 Å². The molecule has 2 aromatic rings. The number of methoxy groups -OCH3 is 1. The normalized spacial score (nSPS) is 15.5. The van der Waals surface area contributed by atoms with E-state index in [4.69, 9.17) is 9.47 Å². The lowest BCUT2D eigenvalue weighted by Gasteiger charge is -2.29. The summed E-state index contributed by atoms with van der Waals surface area (Å²) >= 11 is 0. The van der Waals surface area contributed by atoms with Crippen LogP contribution in [0, 0.1) is 5.92 Å². The summed E-state index contributed by atoms with van der Waals surface area (Å²) in [6.07, 6.45) is 1.67. The van der Waals surface area contributed by atoms with Crippen LogP contribution < -0.4 is 14.8 Å². The Hall–Kier alpha value is -2.58. The van der Waals surface area contributed by atoms with E-state index in [1.54, 1.807) is 0 Å². The molecule has 0 aliphatic carbocycles. The zero-order valence-electron chi connectivity index (χ0n) is 18.3. The molecule has 1 heterocycles. The van der Waals surface area contributed by atoms with Gasteiger partial charge in [0.25, 0.3) is 5.91 Å². The number of hydrogen-bond donors (Lipinski definition) is 1. The molecule has 2 aromatic carbocycles. The summed E-state index contributed by atoms with van der Waals surface area (Å²) in [6.45, 7) is 5.78. The number of hydrogen-bond acceptors (Lipinski definition) is 5. The molecule has 0 radical (unpaired) electrons. The molecule has 1 aliphatic heterocycles. The van der Waals surface area contributed by atoms with Crippen molar-refractivity contribution in [1.82, 2.24) is 9.62 Å². The summed E-state index contributed by atoms with van der Waals surface area (Å²) in [4.78, 5) is 13.0. The summed E-state index contributed by atoms with van der Waals surface area (Å²) in [5.74, 6) is 1.13. The number of rotatable bonds is 8. The Morgan fingerprint density at radius 3 is 2.52 bits per heavy atom. The molecule has 0 bridgehead atoms. The zero-order chi connectivity index (χ0) is 22.4. The van der Waals surface area contributed by atoms with Crippen LogP contribution >= 0.6 is 0 Å². The fourth-order valence-electron chi connectivity index (χ4n) is 3.62. The maximum atomic E-state index is 13.1. The third-order valence-electron chi connectivity index (χ3n) is 5.51. The number of nitrogens with one attached hydrogen (secondary N) is 1. The van der Waals surface area contributed by atoms with Crippen molar-refractivity contribution in [3.8, 4) is 11.5 Å². The van der Waals surface area contributed by atoms with Gasteiger partial charge >= 0.3 is 0 Å². The topological polar surface area (TPSA) is 84.9 Å². The fraction of sp³-hybridized carbons (Fsp3) is 0.435. The molecule has 0 spiro atoms. The summed E-state index contributed by atoms with van der Waals surface area (Å²) in [7, 11) is -2.21. The van der Waals surface area contributed by atoms with Crippen molar-refractivity contribution in [1.29, 1.82) is 0 Å². The van der Waals surface area contributed by atoms with Crippen LogP contribution in [0.25, 0.3) is 0 Å². The number of benzene rings is 2. The SMILES string of the molecule is CCOc1ccccc1CNC(=O)c1cc(S(=O)(=O)N2CCC(C)CC2)ccc1OC. The average Bonchev–Trinajstić information content (AvgIpc) is 2.78. The minimum absolute atomic E-state index is 0.0997. The van der Waals surface area contributed by atoms with Gasteiger partial charge in [0.1, 0.15) is 11.5 Å². The van der Waals surface area contributed by atoms with Crippen molar-refractivity contribution < 1.29 is 22.7 Å². The number of amides is 1. The first-order valence-corrected chi connectivity index (χ1v) is 12.0. The van der Waals surface area contributed by atoms with Crippen molar-refractivity contribution in [3.63, 3.8) is 0 Å². The Morgan fingerprint density at radius 2 is 1.84 bits per heavy atom. The van der Waals surface area contributed by atoms with Crippen molar-refractivity contribution >= 4 is 15.9 Å². The van der Waals surface area contributed by atoms with E-state index in [-0.39, 0.29) is 17.0 Å². The average molecular weight is 447 g/mol. The van der Waals surface area contributed by atoms with Gasteiger partial charge in [-0.1, -0.05) is 25.1 Å². The van der Waals surface area contributed by atoms with Gasteiger partial charge in [-0.15, -0.1) is 0 Å². The second-order valence-electron chi connectivity index (χ2n) is 7.67. The van der Waals surface area contributed by atoms with Gasteiger partial charge in [0.05, 0.1) is 24.2 Å². The van der Waals surface area contributed by atoms with Gasteiger partial charge in [-0.25, -0.2) is 8.42 Å². The molecule has 1 N–H and O–H groups in total. The van der Waals surface area contributed by atoms with E-state index in [2.05, 4.69) is 12.2 Å². The first kappa shape index (κ1) is 23.1. The van der Waals surface area contributed by atoms with Crippen molar-refractivity contribution in [2.45, 2.75) is 38.1 Å². The summed E-state index contributed by atoms with van der Waals surface area (Å²) < 4.78 is 38.6. The smallest absolute Gasteiger partial charge is 0.255 e. The van der Waals surface area contributed by atoms with Gasteiger partial charge in [0, 0.05) is 25.2 Å². The van der Waals surface area contributed by atoms with E-state index < -0.39 is 15.9 Å². The zero-order valence-corrected chi connectivity index (χ0v) is 19.1. The number of ether oxygens (including phenoxy) is 2. The second-order valence-corrected chi connectivity index (χ2v) is 9.61. The highest BCUT2D eigenvalue weighted by atomic mass is 32.2. The third kappa shape index (κ3) is 5.37. The number of sulfonamides is 1. The number of carbonyl (C=O) groups is 1. The predicted octanol–water partition coefficient (Wildman–Crippen LogP) is 3.44. The molecule has 168 valence electrons. The first-order chi connectivity index (χ1) is 14.9. The Kier molecular flexibility index (Phi) is 7.56. The number of carbonyl (C=O) groups excluding carboxylic acids is 1. The van der Waals surface area contributed by atoms with Gasteiger partial charge < -0.3 is 14.8 Å². The summed E-state index contributed by atoms with van der Waals surface area (Å²) in [5.41, 5.74) is 1.02. The molecular weight excluding hydrogens is 416 g/mol. The van der Waals surface area contributed by atoms with Crippen LogP contribution in [0.4, 0.5) is 0 Å². The van der Waals surface area contributed by atoms with E-state index >= 15 is 0 Å². The molecule has 0 atom stereocenters. The van der Waals surface area contributed by atoms with Crippen molar-refractivity contribution in [2.75, 3.05) is 26.8 Å². The quantitative estimate of drug-likeness (QED) is 0.671. The first-order valence-electron chi connectivity index (χ1n) is 10.5. The number of para-hydroxylation sites is 1. The minimum atomic E-state index is -3.67. The van der Waals surface area contributed by atoms with Crippen molar-refractivity contribution in [2.24, 2.45) is 5.92 Å². The van der Waals surface area contributed by atoms with Gasteiger partial charge in [-0.3, -0.25) is 4.79 Å². The van der Waals surface area contributed by atoms with Crippen LogP contribution in [-0.2, 0) is 16.6 Å². The fourth-order valence-corrected chi connectivity index (χ4v) is 5.11. The monoisotopic (exact) mass is 446 g/mol. The largest absolute Gasteiger partial charge is 0.496 e. The van der Waals surface area contributed by atoms with Crippen LogP contribution in [0.3, 0.4) is 0 Å². The summed E-state index contributed by atoms with van der Waals surface area (Å²) in [6, 6.07) is 11.9. The Bertz CT molecular complexity index is 1010. The highest BCUT2D eigenvalue weighted by Crippen LogP contribution is 2.28. The molecule has 1 aliphatic rings. The number of nitrogens with zero attached hydrogens (tertiary/aromatic N) is 1. The Morgan fingerprint density at radius 1 is 1.13 bits per heavy atom. The van der Waals surface area contributed by atoms with Gasteiger partial charge in [-0.05, 0) is 49.9 Å². The molecule has 7 nitrogen and oxygen atoms in total. The van der Waals surface area contributed by atoms with E-state index in [9.17, 15) is 13.2 Å². The van der Waals surface area contributed by atoms with Crippen LogP contribution in [0.2, 0.25) is 0 Å². The van der Waals surface area contributed by atoms with Gasteiger partial charge in [0.2, 0.25) is 10.0 Å². The lowest BCUT2D eigenvalue weighted by molar-refractivity contribution is 0.0947. The lowest BCUT2D eigenvalue weighted by atomic mass is 10.0. The molecule has 0 unspecified atom stereocenters. The standard InChI is InChI=1S/C23H30N2O5S/c1-4-30-21-8-6-5-7-18(21)16-24-23(26)20-15-19(9-10-22(20)29-3)31(27,28)25-13-11-17(2)12-14-25/h5-10,15,17H,4,11-14,16H2,1-3H3,(H,24,26). The highest BCUT2D eigenvalue weighted by Gasteiger charge is 2.29. The molecule has 1 fully saturated rings. The number of piperidine rings is 1. The molecule has 3 rings (SSSR count). The highest BCUT2D eigenvalue weighted by molar-refractivity contribution is 7.89. The lowest BCUT2D eigenvalue weighted by Crippen LogP contribution is -2.38. The minimum Gasteiger partial charge on any atom is -0.496 e. The summed E-state index contributed by atoms with van der Waals surface area (Å²) in [5, 5.41) is 2.85. The van der Waals surface area contributed by atoms with E-state index in [1.807, 2.05) is 31.2 Å². The molecular formula is C23H30N2O5S. The van der Waals surface area contributed by atoms with Crippen molar-refractivity contribution in [3.05, 3.63) is 53.6 Å². The Labute approximate surface area is 184 Å². The van der Waals surface area contributed by atoms with Crippen LogP contribution in [-0.4, -0.2) is 45.4 Å². The molecule has 8 heteroatoms. The van der Waals surface area contributed by atoms with E-state index in [0.717, 1.165) is 18.4 Å². The third-order valence-corrected chi connectivity index (χ3v) is 7.40. The molecule has 0 aromatic heterocycles. The Balaban J connectivity index is 1.81. The van der Waals surface area contributed by atoms with Crippen LogP contribution in [0.5, 0.6) is 11.5 Å². The second kappa shape index (κ2) is 10.2. The van der Waals surface area contributed by atoms with Crippen LogP contribution in [0.15, 0.2) is 47.4 Å². The molecule has 1 amide bonds. The molecule has 1 saturated heterocycles. The molecule has 0 saturated carbocycles. The molecule has 31 heavy (non-hydrogen) atoms. The van der Waals surface area contributed by atoms with E-state index in [1.165, 1.54) is 29.6 Å². The predicted molar refractivity (Wildman–Crippen MR) is 119 cm³/mol.